The molecule has 2 rings (SSSR count). The molecule has 0 spiro atoms. The SMILES string of the molecule is O=C(COc1ccc(Br)cc1Cl)Nc1ccn[nH]1. The lowest BCUT2D eigenvalue weighted by atomic mass is 10.3. The first kappa shape index (κ1) is 12.9. The molecule has 0 saturated carbocycles. The van der Waals surface area contributed by atoms with Gasteiger partial charge in [0.2, 0.25) is 0 Å². The molecule has 7 heteroatoms. The molecule has 0 atom stereocenters. The standard InChI is InChI=1S/C11H9BrClN3O2/c12-7-1-2-9(8(13)5-7)18-6-11(17)15-10-3-4-14-16-10/h1-5H,6H2,(H2,14,15,16,17). The average molecular weight is 331 g/mol. The lowest BCUT2D eigenvalue weighted by molar-refractivity contribution is -0.118. The van der Waals surface area contributed by atoms with Crippen molar-refractivity contribution in [1.29, 1.82) is 0 Å². The highest BCUT2D eigenvalue weighted by atomic mass is 79.9. The average Bonchev–Trinajstić information content (AvgIpc) is 2.80. The van der Waals surface area contributed by atoms with Crippen LogP contribution in [0.1, 0.15) is 0 Å². The van der Waals surface area contributed by atoms with Crippen molar-refractivity contribution in [3.63, 3.8) is 0 Å². The summed E-state index contributed by atoms with van der Waals surface area (Å²) in [5, 5.41) is 9.36. The summed E-state index contributed by atoms with van der Waals surface area (Å²) in [6.07, 6.45) is 1.54. The number of ether oxygens (including phenoxy) is 1. The molecule has 1 amide bonds. The summed E-state index contributed by atoms with van der Waals surface area (Å²) in [6.45, 7) is -0.125. The third-order valence-corrected chi connectivity index (χ3v) is 2.82. The fraction of sp³-hybridized carbons (Fsp3) is 0.0909. The third kappa shape index (κ3) is 3.48. The zero-order valence-corrected chi connectivity index (χ0v) is 11.5. The first-order valence-corrected chi connectivity index (χ1v) is 6.19. The number of hydrogen-bond acceptors (Lipinski definition) is 3. The zero-order valence-electron chi connectivity index (χ0n) is 9.11. The number of rotatable bonds is 4. The molecule has 1 aromatic carbocycles. The molecule has 2 aromatic rings. The molecule has 0 saturated heterocycles. The zero-order chi connectivity index (χ0) is 13.0. The first-order chi connectivity index (χ1) is 8.65. The van der Waals surface area contributed by atoms with Gasteiger partial charge in [-0.25, -0.2) is 0 Å². The van der Waals surface area contributed by atoms with Crippen molar-refractivity contribution < 1.29 is 9.53 Å². The van der Waals surface area contributed by atoms with Crippen LogP contribution < -0.4 is 10.1 Å². The van der Waals surface area contributed by atoms with E-state index in [1.807, 2.05) is 0 Å². The number of benzene rings is 1. The predicted octanol–water partition coefficient (Wildman–Crippen LogP) is 2.84. The van der Waals surface area contributed by atoms with Crippen LogP contribution in [0.2, 0.25) is 5.02 Å². The molecular weight excluding hydrogens is 321 g/mol. The number of amides is 1. The second kappa shape index (κ2) is 5.88. The lowest BCUT2D eigenvalue weighted by Crippen LogP contribution is -2.20. The Balaban J connectivity index is 1.89. The van der Waals surface area contributed by atoms with Gasteiger partial charge in [0, 0.05) is 10.5 Å². The van der Waals surface area contributed by atoms with E-state index in [4.69, 9.17) is 16.3 Å². The van der Waals surface area contributed by atoms with Crippen LogP contribution >= 0.6 is 27.5 Å². The van der Waals surface area contributed by atoms with Crippen molar-refractivity contribution in [3.8, 4) is 5.75 Å². The largest absolute Gasteiger partial charge is 0.482 e. The number of aromatic nitrogens is 2. The van der Waals surface area contributed by atoms with Gasteiger partial charge in [0.05, 0.1) is 11.2 Å². The molecule has 0 aliphatic rings. The molecule has 0 aliphatic heterocycles. The fourth-order valence-electron chi connectivity index (χ4n) is 1.25. The van der Waals surface area contributed by atoms with Gasteiger partial charge in [0.1, 0.15) is 11.6 Å². The molecule has 94 valence electrons. The van der Waals surface area contributed by atoms with Gasteiger partial charge in [0.15, 0.2) is 6.61 Å². The van der Waals surface area contributed by atoms with Gasteiger partial charge in [-0.1, -0.05) is 27.5 Å². The van der Waals surface area contributed by atoms with Gasteiger partial charge in [-0.2, -0.15) is 5.10 Å². The van der Waals surface area contributed by atoms with E-state index in [1.165, 1.54) is 0 Å². The first-order valence-electron chi connectivity index (χ1n) is 5.02. The van der Waals surface area contributed by atoms with E-state index in [1.54, 1.807) is 30.5 Å². The third-order valence-electron chi connectivity index (χ3n) is 2.03. The van der Waals surface area contributed by atoms with E-state index in [2.05, 4.69) is 31.4 Å². The van der Waals surface area contributed by atoms with Crippen molar-refractivity contribution in [2.45, 2.75) is 0 Å². The van der Waals surface area contributed by atoms with E-state index >= 15 is 0 Å². The highest BCUT2D eigenvalue weighted by Gasteiger charge is 2.07. The van der Waals surface area contributed by atoms with Gasteiger partial charge >= 0.3 is 0 Å². The van der Waals surface area contributed by atoms with Crippen LogP contribution in [0, 0.1) is 0 Å². The Hall–Kier alpha value is -1.53. The Morgan fingerprint density at radius 1 is 1.50 bits per heavy atom. The Kier molecular flexibility index (Phi) is 4.22. The normalized spacial score (nSPS) is 10.1. The summed E-state index contributed by atoms with van der Waals surface area (Å²) in [7, 11) is 0. The second-order valence-electron chi connectivity index (χ2n) is 3.38. The summed E-state index contributed by atoms with van der Waals surface area (Å²) in [4.78, 5) is 11.5. The van der Waals surface area contributed by atoms with Gasteiger partial charge in [-0.15, -0.1) is 0 Å². The predicted molar refractivity (Wildman–Crippen MR) is 71.9 cm³/mol. The summed E-state index contributed by atoms with van der Waals surface area (Å²) in [6, 6.07) is 6.82. The van der Waals surface area contributed by atoms with Gasteiger partial charge in [-0.05, 0) is 18.2 Å². The summed E-state index contributed by atoms with van der Waals surface area (Å²) >= 11 is 9.24. The number of anilines is 1. The van der Waals surface area contributed by atoms with E-state index in [0.29, 0.717) is 16.6 Å². The number of nitrogens with zero attached hydrogens (tertiary/aromatic N) is 1. The Morgan fingerprint density at radius 2 is 2.33 bits per heavy atom. The second-order valence-corrected chi connectivity index (χ2v) is 4.70. The highest BCUT2D eigenvalue weighted by molar-refractivity contribution is 9.10. The van der Waals surface area contributed by atoms with Crippen LogP contribution in [-0.4, -0.2) is 22.7 Å². The molecule has 1 heterocycles. The molecular formula is C11H9BrClN3O2. The Bertz CT molecular complexity index is 545. The lowest BCUT2D eigenvalue weighted by Gasteiger charge is -2.07. The maximum atomic E-state index is 11.5. The molecule has 0 aliphatic carbocycles. The maximum absolute atomic E-state index is 11.5. The van der Waals surface area contributed by atoms with Crippen LogP contribution in [0.3, 0.4) is 0 Å². The molecule has 0 radical (unpaired) electrons. The number of nitrogens with one attached hydrogen (secondary N) is 2. The van der Waals surface area contributed by atoms with Gasteiger partial charge in [-0.3, -0.25) is 9.89 Å². The molecule has 5 nitrogen and oxygen atoms in total. The number of halogens is 2. The minimum absolute atomic E-state index is 0.125. The van der Waals surface area contributed by atoms with Gasteiger partial charge in [0.25, 0.3) is 5.91 Å². The van der Waals surface area contributed by atoms with E-state index in [-0.39, 0.29) is 12.5 Å². The quantitative estimate of drug-likeness (QED) is 0.906. The molecule has 18 heavy (non-hydrogen) atoms. The summed E-state index contributed by atoms with van der Waals surface area (Å²) < 4.78 is 6.15. The minimum Gasteiger partial charge on any atom is -0.482 e. The van der Waals surface area contributed by atoms with Gasteiger partial charge < -0.3 is 10.1 Å². The molecule has 0 fully saturated rings. The van der Waals surface area contributed by atoms with Crippen molar-refractivity contribution in [1.82, 2.24) is 10.2 Å². The molecule has 0 unspecified atom stereocenters. The van der Waals surface area contributed by atoms with Crippen LogP contribution in [-0.2, 0) is 4.79 Å². The van der Waals surface area contributed by atoms with Crippen LogP contribution in [0.15, 0.2) is 34.9 Å². The number of carbonyl (C=O) groups excluding carboxylic acids is 1. The summed E-state index contributed by atoms with van der Waals surface area (Å²) in [5.41, 5.74) is 0. The van der Waals surface area contributed by atoms with Crippen LogP contribution in [0.25, 0.3) is 0 Å². The van der Waals surface area contributed by atoms with Crippen molar-refractivity contribution in [3.05, 3.63) is 40.0 Å². The maximum Gasteiger partial charge on any atom is 0.263 e. The summed E-state index contributed by atoms with van der Waals surface area (Å²) in [5.74, 6) is 0.684. The Morgan fingerprint density at radius 3 is 3.00 bits per heavy atom. The molecule has 0 bridgehead atoms. The smallest absolute Gasteiger partial charge is 0.263 e. The molecule has 1 aromatic heterocycles. The van der Waals surface area contributed by atoms with E-state index in [9.17, 15) is 4.79 Å². The monoisotopic (exact) mass is 329 g/mol. The minimum atomic E-state index is -0.293. The van der Waals surface area contributed by atoms with Crippen molar-refractivity contribution in [2.75, 3.05) is 11.9 Å². The van der Waals surface area contributed by atoms with Crippen LogP contribution in [0.5, 0.6) is 5.75 Å². The number of hydrogen-bond donors (Lipinski definition) is 2. The van der Waals surface area contributed by atoms with Crippen molar-refractivity contribution in [2.24, 2.45) is 0 Å². The topological polar surface area (TPSA) is 67.0 Å². The van der Waals surface area contributed by atoms with Crippen LogP contribution in [0.4, 0.5) is 5.82 Å². The van der Waals surface area contributed by atoms with E-state index in [0.717, 1.165) is 4.47 Å². The van der Waals surface area contributed by atoms with Crippen molar-refractivity contribution >= 4 is 39.3 Å². The molecule has 2 N–H and O–H groups in total. The van der Waals surface area contributed by atoms with E-state index < -0.39 is 0 Å². The number of H-pyrrole nitrogens is 1. The number of aromatic amines is 1. The highest BCUT2D eigenvalue weighted by Crippen LogP contribution is 2.27. The fourth-order valence-corrected chi connectivity index (χ4v) is 1.98. The Labute approximate surface area is 117 Å². The number of carbonyl (C=O) groups is 1.